The van der Waals surface area contributed by atoms with E-state index in [1.165, 1.54) is 32.1 Å². The smallest absolute Gasteiger partial charge is 0.306 e. The Morgan fingerprint density at radius 2 is 1.77 bits per heavy atom. The van der Waals surface area contributed by atoms with Crippen LogP contribution in [0.3, 0.4) is 0 Å². The Morgan fingerprint density at radius 1 is 1.13 bits per heavy atom. The molecule has 0 aromatic rings. The van der Waals surface area contributed by atoms with Gasteiger partial charge < -0.3 is 31.1 Å². The van der Waals surface area contributed by atoms with Crippen LogP contribution in [0, 0.1) is 0 Å². The van der Waals surface area contributed by atoms with Crippen molar-refractivity contribution in [3.8, 4) is 0 Å². The molecule has 1 heterocycles. The van der Waals surface area contributed by atoms with Gasteiger partial charge in [0.2, 0.25) is 0 Å². The van der Waals surface area contributed by atoms with E-state index in [4.69, 9.17) is 10.2 Å². The summed E-state index contributed by atoms with van der Waals surface area (Å²) in [6, 6.07) is 0.799. The van der Waals surface area contributed by atoms with Gasteiger partial charge >= 0.3 is 5.97 Å². The van der Waals surface area contributed by atoms with Crippen LogP contribution in [0.1, 0.15) is 97.3 Å². The minimum absolute atomic E-state index is 0.0485. The van der Waals surface area contributed by atoms with Crippen LogP contribution in [-0.4, -0.2) is 69.4 Å². The molecular weight excluding hydrogens is 384 g/mol. The van der Waals surface area contributed by atoms with Crippen molar-refractivity contribution < 1.29 is 25.2 Å². The molecule has 1 rings (SSSR count). The SMILES string of the molecule is CC(CCO)NCC(O)(CCCCCCCCCC1CCC(O)C(C)N1)CC(=O)O. The molecule has 30 heavy (non-hydrogen) atoms. The van der Waals surface area contributed by atoms with E-state index < -0.39 is 11.6 Å². The zero-order valence-electron chi connectivity index (χ0n) is 19.1. The lowest BCUT2D eigenvalue weighted by Crippen LogP contribution is -2.48. The average molecular weight is 431 g/mol. The number of rotatable bonds is 17. The molecule has 0 saturated carbocycles. The molecule has 0 amide bonds. The Hall–Kier alpha value is -0.730. The van der Waals surface area contributed by atoms with Crippen LogP contribution in [0.25, 0.3) is 0 Å². The highest BCUT2D eigenvalue weighted by molar-refractivity contribution is 5.68. The number of carbonyl (C=O) groups is 1. The zero-order valence-corrected chi connectivity index (χ0v) is 19.1. The molecule has 0 aromatic heterocycles. The van der Waals surface area contributed by atoms with Gasteiger partial charge in [-0.1, -0.05) is 44.9 Å². The van der Waals surface area contributed by atoms with Crippen LogP contribution in [0.2, 0.25) is 0 Å². The molecule has 5 unspecified atom stereocenters. The van der Waals surface area contributed by atoms with Gasteiger partial charge in [-0.2, -0.15) is 0 Å². The van der Waals surface area contributed by atoms with E-state index in [1.807, 2.05) is 6.92 Å². The number of carboxylic acids is 1. The molecule has 0 spiro atoms. The first kappa shape index (κ1) is 27.3. The third-order valence-electron chi connectivity index (χ3n) is 6.40. The first-order valence-corrected chi connectivity index (χ1v) is 12.0. The van der Waals surface area contributed by atoms with E-state index in [9.17, 15) is 15.0 Å². The number of carboxylic acid groups (broad SMARTS) is 1. The number of aliphatic hydroxyl groups excluding tert-OH is 2. The van der Waals surface area contributed by atoms with Gasteiger partial charge in [-0.3, -0.25) is 4.79 Å². The van der Waals surface area contributed by atoms with Crippen LogP contribution < -0.4 is 10.6 Å². The summed E-state index contributed by atoms with van der Waals surface area (Å²) in [6.45, 7) is 4.29. The number of nitrogens with one attached hydrogen (secondary N) is 2. The van der Waals surface area contributed by atoms with Gasteiger partial charge in [0.05, 0.1) is 18.1 Å². The minimum atomic E-state index is -1.23. The molecule has 7 nitrogen and oxygen atoms in total. The molecule has 0 bridgehead atoms. The summed E-state index contributed by atoms with van der Waals surface area (Å²) >= 11 is 0. The number of hydrogen-bond acceptors (Lipinski definition) is 6. The average Bonchev–Trinajstić information content (AvgIpc) is 2.67. The van der Waals surface area contributed by atoms with Crippen LogP contribution >= 0.6 is 0 Å². The molecular formula is C23H46N2O5. The van der Waals surface area contributed by atoms with Crippen LogP contribution in [0.15, 0.2) is 0 Å². The van der Waals surface area contributed by atoms with Gasteiger partial charge in [0.15, 0.2) is 0 Å². The number of unbranched alkanes of at least 4 members (excludes halogenated alkanes) is 6. The second kappa shape index (κ2) is 15.1. The number of hydrogen-bond donors (Lipinski definition) is 6. The third-order valence-corrected chi connectivity index (χ3v) is 6.40. The summed E-state index contributed by atoms with van der Waals surface area (Å²) in [7, 11) is 0. The highest BCUT2D eigenvalue weighted by atomic mass is 16.4. The molecule has 1 aliphatic heterocycles. The third kappa shape index (κ3) is 12.2. The molecule has 6 N–H and O–H groups in total. The summed E-state index contributed by atoms with van der Waals surface area (Å²) in [6.07, 6.45) is 11.5. The molecule has 178 valence electrons. The van der Waals surface area contributed by atoms with Gasteiger partial charge in [-0.25, -0.2) is 0 Å². The van der Waals surface area contributed by atoms with Crippen molar-refractivity contribution in [2.45, 2.75) is 127 Å². The topological polar surface area (TPSA) is 122 Å². The summed E-state index contributed by atoms with van der Waals surface area (Å²) in [5, 5.41) is 45.2. The second-order valence-corrected chi connectivity index (χ2v) is 9.40. The molecule has 1 saturated heterocycles. The van der Waals surface area contributed by atoms with Crippen LogP contribution in [0.5, 0.6) is 0 Å². The molecule has 0 radical (unpaired) electrons. The number of piperidine rings is 1. The lowest BCUT2D eigenvalue weighted by molar-refractivity contribution is -0.142. The van der Waals surface area contributed by atoms with Crippen molar-refractivity contribution in [1.29, 1.82) is 0 Å². The summed E-state index contributed by atoms with van der Waals surface area (Å²) in [4.78, 5) is 11.1. The molecule has 5 atom stereocenters. The highest BCUT2D eigenvalue weighted by Crippen LogP contribution is 2.21. The molecule has 7 heteroatoms. The van der Waals surface area contributed by atoms with Crippen molar-refractivity contribution >= 4 is 5.97 Å². The van der Waals surface area contributed by atoms with Crippen molar-refractivity contribution in [2.75, 3.05) is 13.2 Å². The van der Waals surface area contributed by atoms with Gasteiger partial charge in [0.25, 0.3) is 0 Å². The van der Waals surface area contributed by atoms with Gasteiger partial charge in [-0.05, 0) is 46.0 Å². The fraction of sp³-hybridized carbons (Fsp3) is 0.957. The predicted molar refractivity (Wildman–Crippen MR) is 120 cm³/mol. The van der Waals surface area contributed by atoms with Crippen LogP contribution in [0.4, 0.5) is 0 Å². The second-order valence-electron chi connectivity index (χ2n) is 9.40. The number of aliphatic carboxylic acids is 1. The van der Waals surface area contributed by atoms with Crippen LogP contribution in [-0.2, 0) is 4.79 Å². The van der Waals surface area contributed by atoms with Gasteiger partial charge in [-0.15, -0.1) is 0 Å². The lowest BCUT2D eigenvalue weighted by Gasteiger charge is -2.32. The molecule has 0 aliphatic carbocycles. The van der Waals surface area contributed by atoms with Crippen molar-refractivity contribution in [3.63, 3.8) is 0 Å². The zero-order chi connectivity index (χ0) is 22.4. The Morgan fingerprint density at radius 3 is 2.37 bits per heavy atom. The normalized spacial score (nSPS) is 25.0. The maximum Gasteiger partial charge on any atom is 0.306 e. The van der Waals surface area contributed by atoms with E-state index in [0.29, 0.717) is 18.9 Å². The molecule has 1 aliphatic rings. The maximum absolute atomic E-state index is 11.1. The van der Waals surface area contributed by atoms with E-state index in [2.05, 4.69) is 17.6 Å². The fourth-order valence-electron chi connectivity index (χ4n) is 4.33. The Balaban J connectivity index is 2.10. The first-order valence-electron chi connectivity index (χ1n) is 12.0. The Kier molecular flexibility index (Phi) is 13.8. The summed E-state index contributed by atoms with van der Waals surface area (Å²) in [5.74, 6) is -0.981. The maximum atomic E-state index is 11.1. The van der Waals surface area contributed by atoms with Crippen molar-refractivity contribution in [1.82, 2.24) is 10.6 Å². The van der Waals surface area contributed by atoms with Crippen molar-refractivity contribution in [2.24, 2.45) is 0 Å². The minimum Gasteiger partial charge on any atom is -0.481 e. The van der Waals surface area contributed by atoms with E-state index in [1.54, 1.807) is 0 Å². The fourth-order valence-corrected chi connectivity index (χ4v) is 4.33. The Labute approximate surface area is 182 Å². The largest absolute Gasteiger partial charge is 0.481 e. The Bertz CT molecular complexity index is 465. The monoisotopic (exact) mass is 430 g/mol. The lowest BCUT2D eigenvalue weighted by atomic mass is 9.91. The molecule has 0 aromatic carbocycles. The predicted octanol–water partition coefficient (Wildman–Crippen LogP) is 2.56. The molecule has 1 fully saturated rings. The highest BCUT2D eigenvalue weighted by Gasteiger charge is 2.29. The quantitative estimate of drug-likeness (QED) is 0.196. The first-order chi connectivity index (χ1) is 14.3. The summed E-state index contributed by atoms with van der Waals surface area (Å²) < 4.78 is 0. The van der Waals surface area contributed by atoms with E-state index in [-0.39, 0.29) is 37.8 Å². The summed E-state index contributed by atoms with van der Waals surface area (Å²) in [5.41, 5.74) is -1.23. The van der Waals surface area contributed by atoms with Gasteiger partial charge in [0.1, 0.15) is 0 Å². The van der Waals surface area contributed by atoms with E-state index in [0.717, 1.165) is 32.1 Å². The van der Waals surface area contributed by atoms with E-state index >= 15 is 0 Å². The van der Waals surface area contributed by atoms with Crippen molar-refractivity contribution in [3.05, 3.63) is 0 Å². The standard InChI is InChI=1S/C23H46N2O5/c1-18(13-15-26)24-17-23(30,16-22(28)29)14-9-7-5-3-4-6-8-10-20-11-12-21(27)19(2)25-20/h18-21,24-27,30H,3-17H2,1-2H3,(H,28,29). The number of aliphatic hydroxyl groups is 3. The van der Waals surface area contributed by atoms with Gasteiger partial charge in [0, 0.05) is 31.3 Å².